The SMILES string of the molecule is CCc1cccc(-c2cc(F)cc(Cl)c2N)c1. The molecule has 0 aromatic heterocycles. The molecule has 0 radical (unpaired) electrons. The van der Waals surface area contributed by atoms with Crippen LogP contribution in [-0.2, 0) is 6.42 Å². The summed E-state index contributed by atoms with van der Waals surface area (Å²) in [6.07, 6.45) is 0.927. The molecule has 0 saturated heterocycles. The number of hydrogen-bond acceptors (Lipinski definition) is 1. The Morgan fingerprint density at radius 3 is 2.71 bits per heavy atom. The Labute approximate surface area is 105 Å². The van der Waals surface area contributed by atoms with Crippen molar-refractivity contribution in [3.8, 4) is 11.1 Å². The minimum Gasteiger partial charge on any atom is -0.397 e. The molecular weight excluding hydrogens is 237 g/mol. The first-order valence-electron chi connectivity index (χ1n) is 5.45. The van der Waals surface area contributed by atoms with Crippen molar-refractivity contribution in [2.45, 2.75) is 13.3 Å². The third-order valence-electron chi connectivity index (χ3n) is 2.74. The molecule has 2 rings (SSSR count). The fourth-order valence-corrected chi connectivity index (χ4v) is 1.99. The highest BCUT2D eigenvalue weighted by atomic mass is 35.5. The van der Waals surface area contributed by atoms with Gasteiger partial charge in [-0.15, -0.1) is 0 Å². The molecule has 0 fully saturated rings. The van der Waals surface area contributed by atoms with Gasteiger partial charge in [0.05, 0.1) is 10.7 Å². The summed E-state index contributed by atoms with van der Waals surface area (Å²) >= 11 is 5.88. The van der Waals surface area contributed by atoms with E-state index >= 15 is 0 Å². The molecule has 0 aliphatic rings. The van der Waals surface area contributed by atoms with E-state index in [1.807, 2.05) is 24.3 Å². The van der Waals surface area contributed by atoms with Crippen molar-refractivity contribution in [3.63, 3.8) is 0 Å². The van der Waals surface area contributed by atoms with E-state index in [1.165, 1.54) is 17.7 Å². The average Bonchev–Trinajstić information content (AvgIpc) is 2.34. The standard InChI is InChI=1S/C14H13ClFN/c1-2-9-4-3-5-10(6-9)12-7-11(16)8-13(15)14(12)17/h3-8H,2,17H2,1H3. The van der Waals surface area contributed by atoms with Gasteiger partial charge in [-0.3, -0.25) is 0 Å². The summed E-state index contributed by atoms with van der Waals surface area (Å²) in [4.78, 5) is 0. The lowest BCUT2D eigenvalue weighted by Crippen LogP contribution is -1.93. The molecule has 0 saturated carbocycles. The fraction of sp³-hybridized carbons (Fsp3) is 0.143. The Morgan fingerprint density at radius 1 is 1.24 bits per heavy atom. The number of anilines is 1. The molecule has 1 nitrogen and oxygen atoms in total. The summed E-state index contributed by atoms with van der Waals surface area (Å²) < 4.78 is 13.3. The molecule has 0 amide bonds. The summed E-state index contributed by atoms with van der Waals surface area (Å²) in [5.41, 5.74) is 9.01. The molecule has 0 aliphatic carbocycles. The Balaban J connectivity index is 2.59. The van der Waals surface area contributed by atoms with Gasteiger partial charge in [-0.05, 0) is 29.7 Å². The third-order valence-corrected chi connectivity index (χ3v) is 3.05. The van der Waals surface area contributed by atoms with Gasteiger partial charge in [0.2, 0.25) is 0 Å². The molecule has 3 heteroatoms. The van der Waals surface area contributed by atoms with E-state index in [9.17, 15) is 4.39 Å². The molecule has 2 aromatic rings. The van der Waals surface area contributed by atoms with Gasteiger partial charge in [-0.1, -0.05) is 42.8 Å². The van der Waals surface area contributed by atoms with E-state index in [0.29, 0.717) is 11.3 Å². The smallest absolute Gasteiger partial charge is 0.125 e. The lowest BCUT2D eigenvalue weighted by Gasteiger charge is -2.09. The van der Waals surface area contributed by atoms with Crippen LogP contribution in [0.4, 0.5) is 10.1 Å². The normalized spacial score (nSPS) is 10.5. The van der Waals surface area contributed by atoms with Crippen molar-refractivity contribution < 1.29 is 4.39 Å². The second-order valence-corrected chi connectivity index (χ2v) is 4.31. The second kappa shape index (κ2) is 4.76. The molecule has 0 spiro atoms. The van der Waals surface area contributed by atoms with Gasteiger partial charge >= 0.3 is 0 Å². The van der Waals surface area contributed by atoms with Crippen molar-refractivity contribution in [1.29, 1.82) is 0 Å². The summed E-state index contributed by atoms with van der Waals surface area (Å²) in [6.45, 7) is 2.07. The van der Waals surface area contributed by atoms with E-state index in [-0.39, 0.29) is 10.8 Å². The lowest BCUT2D eigenvalue weighted by atomic mass is 10.0. The van der Waals surface area contributed by atoms with Crippen molar-refractivity contribution in [3.05, 3.63) is 52.8 Å². The Morgan fingerprint density at radius 2 is 2.00 bits per heavy atom. The summed E-state index contributed by atoms with van der Waals surface area (Å²) in [7, 11) is 0. The van der Waals surface area contributed by atoms with Gasteiger partial charge in [0.15, 0.2) is 0 Å². The van der Waals surface area contributed by atoms with Crippen molar-refractivity contribution in [1.82, 2.24) is 0 Å². The largest absolute Gasteiger partial charge is 0.397 e. The van der Waals surface area contributed by atoms with Crippen LogP contribution in [0.1, 0.15) is 12.5 Å². The van der Waals surface area contributed by atoms with Gasteiger partial charge in [-0.25, -0.2) is 4.39 Å². The lowest BCUT2D eigenvalue weighted by molar-refractivity contribution is 0.628. The molecule has 0 unspecified atom stereocenters. The molecule has 0 bridgehead atoms. The first-order chi connectivity index (χ1) is 8.11. The Kier molecular flexibility index (Phi) is 3.34. The monoisotopic (exact) mass is 249 g/mol. The Hall–Kier alpha value is -1.54. The van der Waals surface area contributed by atoms with Gasteiger partial charge in [0.25, 0.3) is 0 Å². The minimum atomic E-state index is -0.374. The van der Waals surface area contributed by atoms with Crippen LogP contribution < -0.4 is 5.73 Å². The molecule has 0 atom stereocenters. The van der Waals surface area contributed by atoms with Crippen LogP contribution in [0.15, 0.2) is 36.4 Å². The number of rotatable bonds is 2. The number of nitrogen functional groups attached to an aromatic ring is 1. The van der Waals surface area contributed by atoms with Gasteiger partial charge in [0, 0.05) is 5.56 Å². The van der Waals surface area contributed by atoms with Crippen LogP contribution in [-0.4, -0.2) is 0 Å². The van der Waals surface area contributed by atoms with Gasteiger partial charge < -0.3 is 5.73 Å². The van der Waals surface area contributed by atoms with Crippen LogP contribution in [0, 0.1) is 5.82 Å². The quantitative estimate of drug-likeness (QED) is 0.790. The number of nitrogens with two attached hydrogens (primary N) is 1. The van der Waals surface area contributed by atoms with Crippen LogP contribution in [0.2, 0.25) is 5.02 Å². The molecule has 17 heavy (non-hydrogen) atoms. The summed E-state index contributed by atoms with van der Waals surface area (Å²) in [5, 5.41) is 0.252. The topological polar surface area (TPSA) is 26.0 Å². The number of benzene rings is 2. The molecule has 0 heterocycles. The van der Waals surface area contributed by atoms with E-state index in [2.05, 4.69) is 6.92 Å². The van der Waals surface area contributed by atoms with Gasteiger partial charge in [0.1, 0.15) is 5.82 Å². The van der Waals surface area contributed by atoms with Gasteiger partial charge in [-0.2, -0.15) is 0 Å². The average molecular weight is 250 g/mol. The maximum Gasteiger partial charge on any atom is 0.125 e. The highest BCUT2D eigenvalue weighted by Gasteiger charge is 2.09. The maximum absolute atomic E-state index is 13.3. The molecule has 2 aromatic carbocycles. The highest BCUT2D eigenvalue weighted by Crippen LogP contribution is 2.33. The highest BCUT2D eigenvalue weighted by molar-refractivity contribution is 6.33. The van der Waals surface area contributed by atoms with E-state index in [1.54, 1.807) is 0 Å². The van der Waals surface area contributed by atoms with E-state index in [0.717, 1.165) is 12.0 Å². The van der Waals surface area contributed by atoms with Crippen molar-refractivity contribution >= 4 is 17.3 Å². The zero-order valence-electron chi connectivity index (χ0n) is 9.50. The number of aryl methyl sites for hydroxylation is 1. The van der Waals surface area contributed by atoms with Crippen LogP contribution >= 0.6 is 11.6 Å². The van der Waals surface area contributed by atoms with Crippen LogP contribution in [0.5, 0.6) is 0 Å². The maximum atomic E-state index is 13.3. The molecule has 88 valence electrons. The van der Waals surface area contributed by atoms with E-state index in [4.69, 9.17) is 17.3 Å². The number of halogens is 2. The summed E-state index contributed by atoms with van der Waals surface area (Å²) in [5.74, 6) is -0.374. The predicted molar refractivity (Wildman–Crippen MR) is 70.6 cm³/mol. The van der Waals surface area contributed by atoms with E-state index < -0.39 is 0 Å². The molecular formula is C14H13ClFN. The fourth-order valence-electron chi connectivity index (χ4n) is 1.78. The zero-order chi connectivity index (χ0) is 12.4. The first-order valence-corrected chi connectivity index (χ1v) is 5.83. The second-order valence-electron chi connectivity index (χ2n) is 3.90. The Bertz CT molecular complexity index is 552. The molecule has 2 N–H and O–H groups in total. The van der Waals surface area contributed by atoms with Crippen molar-refractivity contribution in [2.24, 2.45) is 0 Å². The minimum absolute atomic E-state index is 0.252. The number of hydrogen-bond donors (Lipinski definition) is 1. The molecule has 0 aliphatic heterocycles. The van der Waals surface area contributed by atoms with Crippen molar-refractivity contribution in [2.75, 3.05) is 5.73 Å². The van der Waals surface area contributed by atoms with Crippen LogP contribution in [0.25, 0.3) is 11.1 Å². The predicted octanol–water partition coefficient (Wildman–Crippen LogP) is 4.29. The third kappa shape index (κ3) is 2.42. The first kappa shape index (κ1) is 11.9. The van der Waals surface area contributed by atoms with Crippen LogP contribution in [0.3, 0.4) is 0 Å². The summed E-state index contributed by atoms with van der Waals surface area (Å²) in [6, 6.07) is 10.5. The zero-order valence-corrected chi connectivity index (χ0v) is 10.3.